The molecule has 0 aliphatic carbocycles. The number of hydrogen-bond donors (Lipinski definition) is 3. The van der Waals surface area contributed by atoms with Crippen molar-refractivity contribution in [2.24, 2.45) is 11.8 Å². The third-order valence-corrected chi connectivity index (χ3v) is 6.49. The molecule has 0 bridgehead atoms. The van der Waals surface area contributed by atoms with Gasteiger partial charge in [-0.05, 0) is 55.5 Å². The van der Waals surface area contributed by atoms with Crippen molar-refractivity contribution in [1.82, 2.24) is 15.4 Å². The lowest BCUT2D eigenvalue weighted by Crippen LogP contribution is -2.33. The van der Waals surface area contributed by atoms with Crippen LogP contribution in [-0.2, 0) is 26.1 Å². The summed E-state index contributed by atoms with van der Waals surface area (Å²) in [7, 11) is -2.01. The highest BCUT2D eigenvalue weighted by Crippen LogP contribution is 2.24. The lowest BCUT2D eigenvalue weighted by molar-refractivity contribution is -0.122. The summed E-state index contributed by atoms with van der Waals surface area (Å²) < 4.78 is 31.5. The van der Waals surface area contributed by atoms with Gasteiger partial charge in [0.25, 0.3) is 0 Å². The first kappa shape index (κ1) is 24.8. The van der Waals surface area contributed by atoms with Crippen LogP contribution in [0.5, 0.6) is 0 Å². The number of halogens is 1. The minimum atomic E-state index is -3.53. The Morgan fingerprint density at radius 1 is 1.25 bits per heavy atom. The first-order valence-corrected chi connectivity index (χ1v) is 11.0. The number of carbonyl (C=O) groups is 1. The molecule has 1 amide bonds. The molecule has 0 aromatic heterocycles. The minimum Gasteiger partial charge on any atom is -0.383 e. The lowest BCUT2D eigenvalue weighted by Gasteiger charge is -2.27. The summed E-state index contributed by atoms with van der Waals surface area (Å²) in [5.41, 5.74) is 0.869. The number of benzene rings is 1. The molecule has 3 N–H and O–H groups in total. The summed E-state index contributed by atoms with van der Waals surface area (Å²) in [4.78, 5) is 12.4. The van der Waals surface area contributed by atoms with Crippen LogP contribution in [0.1, 0.15) is 31.7 Å². The zero-order chi connectivity index (χ0) is 19.7. The topological polar surface area (TPSA) is 96.5 Å². The number of amides is 1. The van der Waals surface area contributed by atoms with Crippen molar-refractivity contribution in [3.05, 3.63) is 29.8 Å². The number of methoxy groups -OCH3 is 1. The summed E-state index contributed by atoms with van der Waals surface area (Å²) in [6, 6.07) is 6.55. The van der Waals surface area contributed by atoms with Gasteiger partial charge in [-0.3, -0.25) is 4.79 Å². The Labute approximate surface area is 174 Å². The molecule has 1 atom stereocenters. The third-order valence-electron chi connectivity index (χ3n) is 5.02. The van der Waals surface area contributed by atoms with Crippen LogP contribution in [-0.4, -0.2) is 47.7 Å². The van der Waals surface area contributed by atoms with Crippen LogP contribution in [0.2, 0.25) is 0 Å². The number of piperidine rings is 1. The molecule has 1 aromatic carbocycles. The van der Waals surface area contributed by atoms with Gasteiger partial charge in [0.1, 0.15) is 0 Å². The number of rotatable bonds is 10. The Kier molecular flexibility index (Phi) is 11.0. The smallest absolute Gasteiger partial charge is 0.240 e. The van der Waals surface area contributed by atoms with Crippen molar-refractivity contribution >= 4 is 28.3 Å². The zero-order valence-electron chi connectivity index (χ0n) is 16.6. The molecule has 28 heavy (non-hydrogen) atoms. The molecule has 9 heteroatoms. The van der Waals surface area contributed by atoms with E-state index in [0.717, 1.165) is 31.5 Å². The lowest BCUT2D eigenvalue weighted by atomic mass is 9.84. The van der Waals surface area contributed by atoms with Gasteiger partial charge < -0.3 is 15.4 Å². The first-order chi connectivity index (χ1) is 12.9. The van der Waals surface area contributed by atoms with Gasteiger partial charge >= 0.3 is 0 Å². The van der Waals surface area contributed by atoms with Gasteiger partial charge in [-0.2, -0.15) is 0 Å². The highest BCUT2D eigenvalue weighted by Gasteiger charge is 2.21. The highest BCUT2D eigenvalue weighted by molar-refractivity contribution is 7.89. The average Bonchev–Trinajstić information content (AvgIpc) is 2.67. The molecule has 0 radical (unpaired) electrons. The largest absolute Gasteiger partial charge is 0.383 e. The summed E-state index contributed by atoms with van der Waals surface area (Å²) >= 11 is 0. The predicted molar refractivity (Wildman–Crippen MR) is 112 cm³/mol. The number of ether oxygens (including phenoxy) is 1. The molecule has 1 unspecified atom stereocenters. The van der Waals surface area contributed by atoms with Crippen LogP contribution in [0.4, 0.5) is 0 Å². The minimum absolute atomic E-state index is 0. The summed E-state index contributed by atoms with van der Waals surface area (Å²) in [6.07, 6.45) is 2.78. The molecule has 1 aromatic rings. The Morgan fingerprint density at radius 2 is 1.89 bits per heavy atom. The SMILES string of the molecule is COCCNS(=O)(=O)c1ccc(CNC(=O)CC(C)C2CCNCC2)cc1.Cl. The van der Waals surface area contributed by atoms with E-state index in [1.54, 1.807) is 24.3 Å². The molecule has 1 fully saturated rings. The molecule has 7 nitrogen and oxygen atoms in total. The van der Waals surface area contributed by atoms with E-state index in [9.17, 15) is 13.2 Å². The summed E-state index contributed by atoms with van der Waals surface area (Å²) in [5, 5.41) is 6.28. The first-order valence-electron chi connectivity index (χ1n) is 9.47. The molecule has 1 saturated heterocycles. The fraction of sp³-hybridized carbons (Fsp3) is 0.632. The quantitative estimate of drug-likeness (QED) is 0.488. The van der Waals surface area contributed by atoms with Crippen LogP contribution in [0.15, 0.2) is 29.2 Å². The van der Waals surface area contributed by atoms with Crippen molar-refractivity contribution in [3.63, 3.8) is 0 Å². The molecule has 1 aliphatic rings. The van der Waals surface area contributed by atoms with E-state index < -0.39 is 10.0 Å². The van der Waals surface area contributed by atoms with Gasteiger partial charge in [-0.15, -0.1) is 12.4 Å². The van der Waals surface area contributed by atoms with Gasteiger partial charge in [0.15, 0.2) is 0 Å². The number of sulfonamides is 1. The van der Waals surface area contributed by atoms with E-state index in [1.807, 2.05) is 0 Å². The van der Waals surface area contributed by atoms with E-state index in [2.05, 4.69) is 22.3 Å². The Balaban J connectivity index is 0.00000392. The molecule has 1 heterocycles. The molecular formula is C19H32ClN3O4S. The van der Waals surface area contributed by atoms with E-state index >= 15 is 0 Å². The fourth-order valence-electron chi connectivity index (χ4n) is 3.29. The Bertz CT molecular complexity index is 692. The van der Waals surface area contributed by atoms with Gasteiger partial charge in [-0.1, -0.05) is 19.1 Å². The van der Waals surface area contributed by atoms with Crippen molar-refractivity contribution in [2.75, 3.05) is 33.4 Å². The molecule has 160 valence electrons. The monoisotopic (exact) mass is 433 g/mol. The van der Waals surface area contributed by atoms with Crippen LogP contribution < -0.4 is 15.4 Å². The van der Waals surface area contributed by atoms with Crippen LogP contribution in [0.25, 0.3) is 0 Å². The summed E-state index contributed by atoms with van der Waals surface area (Å²) in [6.45, 7) is 5.16. The van der Waals surface area contributed by atoms with Gasteiger partial charge in [0.05, 0.1) is 11.5 Å². The van der Waals surface area contributed by atoms with Crippen LogP contribution in [0.3, 0.4) is 0 Å². The van der Waals surface area contributed by atoms with Crippen molar-refractivity contribution in [1.29, 1.82) is 0 Å². The normalized spacial score (nSPS) is 16.2. The number of carbonyl (C=O) groups excluding carboxylic acids is 1. The highest BCUT2D eigenvalue weighted by atomic mass is 35.5. The maximum Gasteiger partial charge on any atom is 0.240 e. The fourth-order valence-corrected chi connectivity index (χ4v) is 4.31. The molecular weight excluding hydrogens is 402 g/mol. The maximum absolute atomic E-state index is 12.2. The zero-order valence-corrected chi connectivity index (χ0v) is 18.2. The molecule has 1 aliphatic heterocycles. The van der Waals surface area contributed by atoms with E-state index in [-0.39, 0.29) is 29.8 Å². The predicted octanol–water partition coefficient (Wildman–Crippen LogP) is 1.68. The third kappa shape index (κ3) is 8.05. The second-order valence-electron chi connectivity index (χ2n) is 7.08. The maximum atomic E-state index is 12.2. The van der Waals surface area contributed by atoms with Gasteiger partial charge in [0, 0.05) is 26.6 Å². The second-order valence-corrected chi connectivity index (χ2v) is 8.85. The Morgan fingerprint density at radius 3 is 2.50 bits per heavy atom. The second kappa shape index (κ2) is 12.4. The van der Waals surface area contributed by atoms with Crippen molar-refractivity contribution in [3.8, 4) is 0 Å². The number of nitrogens with one attached hydrogen (secondary N) is 3. The molecule has 0 spiro atoms. The van der Waals surface area contributed by atoms with Crippen LogP contribution in [0, 0.1) is 11.8 Å². The van der Waals surface area contributed by atoms with Crippen molar-refractivity contribution < 1.29 is 17.9 Å². The molecule has 2 rings (SSSR count). The van der Waals surface area contributed by atoms with Crippen LogP contribution >= 0.6 is 12.4 Å². The average molecular weight is 434 g/mol. The van der Waals surface area contributed by atoms with E-state index in [1.165, 1.54) is 7.11 Å². The summed E-state index contributed by atoms with van der Waals surface area (Å²) in [5.74, 6) is 1.02. The van der Waals surface area contributed by atoms with Crippen molar-refractivity contribution in [2.45, 2.75) is 37.6 Å². The number of hydrogen-bond acceptors (Lipinski definition) is 5. The van der Waals surface area contributed by atoms with Gasteiger partial charge in [0.2, 0.25) is 15.9 Å². The Hall–Kier alpha value is -1.19. The van der Waals surface area contributed by atoms with E-state index in [4.69, 9.17) is 4.74 Å². The van der Waals surface area contributed by atoms with E-state index in [0.29, 0.717) is 31.4 Å². The van der Waals surface area contributed by atoms with Gasteiger partial charge in [-0.25, -0.2) is 13.1 Å². The standard InChI is InChI=1S/C19H31N3O4S.ClH/c1-15(17-7-9-20-10-8-17)13-19(23)21-14-16-3-5-18(6-4-16)27(24,25)22-11-12-26-2;/h3-6,15,17,20,22H,7-14H2,1-2H3,(H,21,23);1H. The molecule has 0 saturated carbocycles.